The first-order valence-corrected chi connectivity index (χ1v) is 12.6. The number of hydrogen-bond donors (Lipinski definition) is 0. The van der Waals surface area contributed by atoms with Gasteiger partial charge in [-0.1, -0.05) is 38.9 Å². The summed E-state index contributed by atoms with van der Waals surface area (Å²) in [5.41, 5.74) is 5.00. The van der Waals surface area contributed by atoms with Gasteiger partial charge in [-0.05, 0) is 49.3 Å². The van der Waals surface area contributed by atoms with Crippen molar-refractivity contribution in [2.24, 2.45) is 23.0 Å². The molecule has 33 heavy (non-hydrogen) atoms. The number of nitrogens with zero attached hydrogens (tertiary/aromatic N) is 3. The van der Waals surface area contributed by atoms with E-state index in [4.69, 9.17) is 9.02 Å². The highest BCUT2D eigenvalue weighted by Gasteiger charge is 2.48. The standard InChI is InChI=1S/C24H33N3O5S/c1-13-11-16-12-23(4,5)24(6,7)21(26-31-9)18(16)14(2)17(13)20(28)19-15(3)25-27(8)22(19)32-33(10,29)30/h11H,12H2,1-10H3/b26-21-. The van der Waals surface area contributed by atoms with E-state index in [9.17, 15) is 13.2 Å². The minimum Gasteiger partial charge on any atom is -0.399 e. The first-order valence-electron chi connectivity index (χ1n) is 10.8. The highest BCUT2D eigenvalue weighted by Crippen LogP contribution is 2.50. The van der Waals surface area contributed by atoms with Gasteiger partial charge in [-0.2, -0.15) is 13.5 Å². The van der Waals surface area contributed by atoms with Crippen LogP contribution < -0.4 is 4.18 Å². The molecule has 1 aromatic carbocycles. The lowest BCUT2D eigenvalue weighted by atomic mass is 9.56. The van der Waals surface area contributed by atoms with Gasteiger partial charge in [0.2, 0.25) is 11.7 Å². The Bertz CT molecular complexity index is 1280. The Hall–Kier alpha value is -2.68. The summed E-state index contributed by atoms with van der Waals surface area (Å²) in [5, 5.41) is 8.65. The third-order valence-corrected chi connectivity index (χ3v) is 7.51. The molecule has 1 aliphatic carbocycles. The number of carbonyl (C=O) groups is 1. The van der Waals surface area contributed by atoms with Crippen molar-refractivity contribution in [2.45, 2.75) is 54.9 Å². The molecule has 3 rings (SSSR count). The molecule has 1 heterocycles. The maximum atomic E-state index is 13.9. The number of fused-ring (bicyclic) bond motifs is 1. The van der Waals surface area contributed by atoms with E-state index in [0.717, 1.165) is 40.6 Å². The molecule has 0 N–H and O–H groups in total. The van der Waals surface area contributed by atoms with Crippen LogP contribution in [0.25, 0.3) is 0 Å². The molecule has 8 nitrogen and oxygen atoms in total. The summed E-state index contributed by atoms with van der Waals surface area (Å²) >= 11 is 0. The van der Waals surface area contributed by atoms with Crippen LogP contribution in [0.5, 0.6) is 5.88 Å². The van der Waals surface area contributed by atoms with Crippen molar-refractivity contribution in [2.75, 3.05) is 13.4 Å². The van der Waals surface area contributed by atoms with E-state index in [1.807, 2.05) is 19.9 Å². The summed E-state index contributed by atoms with van der Waals surface area (Å²) in [4.78, 5) is 19.1. The fourth-order valence-corrected chi connectivity index (χ4v) is 5.21. The van der Waals surface area contributed by atoms with E-state index in [-0.39, 0.29) is 28.1 Å². The van der Waals surface area contributed by atoms with Gasteiger partial charge in [0.05, 0.1) is 17.7 Å². The van der Waals surface area contributed by atoms with Gasteiger partial charge < -0.3 is 9.02 Å². The van der Waals surface area contributed by atoms with Crippen molar-refractivity contribution in [3.63, 3.8) is 0 Å². The Morgan fingerprint density at radius 3 is 2.30 bits per heavy atom. The minimum absolute atomic E-state index is 0.0851. The van der Waals surface area contributed by atoms with Crippen molar-refractivity contribution in [1.29, 1.82) is 0 Å². The number of oxime groups is 1. The summed E-state index contributed by atoms with van der Waals surface area (Å²) in [6.45, 7) is 14.1. The number of ketones is 1. The van der Waals surface area contributed by atoms with Gasteiger partial charge in [-0.3, -0.25) is 4.79 Å². The second-order valence-electron chi connectivity index (χ2n) is 10.0. The SMILES string of the molecule is CO/N=C1/c2c(cc(C)c(C(=O)c3c(C)nn(C)c3OS(C)(=O)=O)c2C)CC(C)(C)C1(C)C. The molecule has 0 radical (unpaired) electrons. The molecule has 1 aromatic heterocycles. The molecule has 180 valence electrons. The maximum absolute atomic E-state index is 13.9. The molecule has 0 saturated carbocycles. The molecule has 0 amide bonds. The van der Waals surface area contributed by atoms with Crippen LogP contribution >= 0.6 is 0 Å². The maximum Gasteiger partial charge on any atom is 0.307 e. The number of rotatable bonds is 5. The van der Waals surface area contributed by atoms with Crippen molar-refractivity contribution in [3.8, 4) is 5.88 Å². The van der Waals surface area contributed by atoms with E-state index in [1.54, 1.807) is 14.0 Å². The van der Waals surface area contributed by atoms with Crippen LogP contribution in [0.1, 0.15) is 71.6 Å². The first-order chi connectivity index (χ1) is 15.0. The smallest absolute Gasteiger partial charge is 0.307 e. The highest BCUT2D eigenvalue weighted by atomic mass is 32.2. The van der Waals surface area contributed by atoms with Crippen molar-refractivity contribution >= 4 is 21.6 Å². The molecule has 2 aromatic rings. The number of carbonyl (C=O) groups excluding carboxylic acids is 1. The number of aromatic nitrogens is 2. The summed E-state index contributed by atoms with van der Waals surface area (Å²) in [7, 11) is -0.784. The minimum atomic E-state index is -3.85. The molecule has 0 aliphatic heterocycles. The topological polar surface area (TPSA) is 99.8 Å². The van der Waals surface area contributed by atoms with Crippen molar-refractivity contribution in [1.82, 2.24) is 9.78 Å². The van der Waals surface area contributed by atoms with Crippen molar-refractivity contribution in [3.05, 3.63) is 45.1 Å². The Balaban J connectivity index is 2.31. The Labute approximate surface area is 196 Å². The molecule has 0 atom stereocenters. The lowest BCUT2D eigenvalue weighted by Crippen LogP contribution is -2.46. The Morgan fingerprint density at radius 1 is 1.15 bits per heavy atom. The van der Waals surface area contributed by atoms with E-state index in [2.05, 4.69) is 37.9 Å². The lowest BCUT2D eigenvalue weighted by Gasteiger charge is -2.47. The third-order valence-electron chi connectivity index (χ3n) is 7.05. The Morgan fingerprint density at radius 2 is 1.76 bits per heavy atom. The average molecular weight is 476 g/mol. The Kier molecular flexibility index (Phi) is 6.03. The molecule has 0 unspecified atom stereocenters. The number of benzene rings is 1. The molecule has 0 spiro atoms. The summed E-state index contributed by atoms with van der Waals surface area (Å²) in [6, 6.07) is 2.03. The largest absolute Gasteiger partial charge is 0.399 e. The zero-order valence-corrected chi connectivity index (χ0v) is 21.9. The van der Waals surface area contributed by atoms with Gasteiger partial charge >= 0.3 is 10.1 Å². The summed E-state index contributed by atoms with van der Waals surface area (Å²) in [5.74, 6) is -0.430. The normalized spacial score (nSPS) is 18.2. The molecule has 0 fully saturated rings. The van der Waals surface area contributed by atoms with Crippen molar-refractivity contribution < 1.29 is 22.2 Å². The predicted molar refractivity (Wildman–Crippen MR) is 128 cm³/mol. The van der Waals surface area contributed by atoms with Gasteiger partial charge in [0.1, 0.15) is 12.7 Å². The van der Waals surface area contributed by atoms with Gasteiger partial charge in [-0.15, -0.1) is 0 Å². The molecule has 0 bridgehead atoms. The molecule has 1 aliphatic rings. The lowest BCUT2D eigenvalue weighted by molar-refractivity contribution is 0.103. The second-order valence-corrected chi connectivity index (χ2v) is 11.6. The number of hydrogen-bond acceptors (Lipinski definition) is 7. The predicted octanol–water partition coefficient (Wildman–Crippen LogP) is 3.87. The first kappa shape index (κ1) is 25.0. The quantitative estimate of drug-likeness (QED) is 0.370. The fraction of sp³-hybridized carbons (Fsp3) is 0.542. The van der Waals surface area contributed by atoms with Gasteiger partial charge in [0, 0.05) is 23.6 Å². The van der Waals surface area contributed by atoms with Gasteiger partial charge in [0.15, 0.2) is 0 Å². The van der Waals surface area contributed by atoms with Crippen LogP contribution in [0.15, 0.2) is 11.2 Å². The zero-order chi connectivity index (χ0) is 25.1. The van der Waals surface area contributed by atoms with Crippen LogP contribution in [0, 0.1) is 31.6 Å². The average Bonchev–Trinajstić information content (AvgIpc) is 2.90. The van der Waals surface area contributed by atoms with E-state index in [1.165, 1.54) is 11.8 Å². The van der Waals surface area contributed by atoms with Gasteiger partial charge in [0.25, 0.3) is 0 Å². The number of aryl methyl sites for hydroxylation is 3. The van der Waals surface area contributed by atoms with Crippen LogP contribution in [0.3, 0.4) is 0 Å². The highest BCUT2D eigenvalue weighted by molar-refractivity contribution is 7.86. The summed E-state index contributed by atoms with van der Waals surface area (Å²) < 4.78 is 30.1. The third kappa shape index (κ3) is 4.07. The van der Waals surface area contributed by atoms with Crippen LogP contribution in [0.4, 0.5) is 0 Å². The fourth-order valence-electron chi connectivity index (χ4n) is 4.73. The van der Waals surface area contributed by atoms with E-state index >= 15 is 0 Å². The second kappa shape index (κ2) is 7.97. The molecular weight excluding hydrogens is 442 g/mol. The monoisotopic (exact) mass is 475 g/mol. The van der Waals surface area contributed by atoms with Crippen LogP contribution in [-0.2, 0) is 28.4 Å². The summed E-state index contributed by atoms with van der Waals surface area (Å²) in [6.07, 6.45) is 1.76. The molecule has 9 heteroatoms. The molecule has 0 saturated heterocycles. The van der Waals surface area contributed by atoms with Crippen LogP contribution in [-0.4, -0.2) is 43.1 Å². The van der Waals surface area contributed by atoms with E-state index in [0.29, 0.717) is 11.3 Å². The van der Waals surface area contributed by atoms with Gasteiger partial charge in [-0.25, -0.2) is 4.68 Å². The van der Waals surface area contributed by atoms with E-state index < -0.39 is 10.1 Å². The molecular formula is C24H33N3O5S. The zero-order valence-electron chi connectivity index (χ0n) is 21.1. The van der Waals surface area contributed by atoms with Crippen LogP contribution in [0.2, 0.25) is 0 Å².